The number of thioether (sulfide) groups is 1. The fraction of sp³-hybridized carbons (Fsp3) is 0.0952. The maximum absolute atomic E-state index is 12.7. The molecule has 152 valence electrons. The molecule has 30 heavy (non-hydrogen) atoms. The van der Waals surface area contributed by atoms with Gasteiger partial charge < -0.3 is 10.6 Å². The van der Waals surface area contributed by atoms with Gasteiger partial charge in [0.15, 0.2) is 4.32 Å². The summed E-state index contributed by atoms with van der Waals surface area (Å²) in [5, 5.41) is 10.8. The van der Waals surface area contributed by atoms with Gasteiger partial charge in [-0.25, -0.2) is 0 Å². The van der Waals surface area contributed by atoms with E-state index in [4.69, 9.17) is 12.2 Å². The Hall–Kier alpha value is -3.30. The van der Waals surface area contributed by atoms with Crippen LogP contribution in [0.1, 0.15) is 25.0 Å². The molecule has 1 aliphatic rings. The van der Waals surface area contributed by atoms with Gasteiger partial charge in [-0.15, -0.1) is 0 Å². The first kappa shape index (κ1) is 21.4. The van der Waals surface area contributed by atoms with Gasteiger partial charge in [0, 0.05) is 25.2 Å². The predicted octanol–water partition coefficient (Wildman–Crippen LogP) is 3.84. The summed E-state index contributed by atoms with van der Waals surface area (Å²) in [6, 6.07) is 14.2. The zero-order valence-electron chi connectivity index (χ0n) is 16.2. The summed E-state index contributed by atoms with van der Waals surface area (Å²) in [7, 11) is 0. The second-order valence-electron chi connectivity index (χ2n) is 6.34. The number of nitrogens with one attached hydrogen (secondary N) is 2. The van der Waals surface area contributed by atoms with Crippen LogP contribution < -0.4 is 10.6 Å². The van der Waals surface area contributed by atoms with Gasteiger partial charge in [-0.1, -0.05) is 36.0 Å². The fourth-order valence-corrected chi connectivity index (χ4v) is 3.73. The van der Waals surface area contributed by atoms with Crippen LogP contribution in [0, 0.1) is 0 Å². The highest BCUT2D eigenvalue weighted by atomic mass is 32.2. The van der Waals surface area contributed by atoms with E-state index >= 15 is 0 Å². The minimum absolute atomic E-state index is 0.147. The van der Waals surface area contributed by atoms with Gasteiger partial charge in [-0.3, -0.25) is 14.4 Å². The summed E-state index contributed by atoms with van der Waals surface area (Å²) in [4.78, 5) is 35.3. The number of hydrogen-bond donors (Lipinski definition) is 2. The first-order chi connectivity index (χ1) is 14.3. The number of hydrazone groups is 1. The molecule has 7 nitrogen and oxygen atoms in total. The molecule has 0 radical (unpaired) electrons. The molecule has 0 unspecified atom stereocenters. The van der Waals surface area contributed by atoms with Crippen LogP contribution in [0.3, 0.4) is 0 Å². The molecule has 0 bridgehead atoms. The van der Waals surface area contributed by atoms with E-state index in [0.29, 0.717) is 20.6 Å². The van der Waals surface area contributed by atoms with Crippen molar-refractivity contribution in [3.63, 3.8) is 0 Å². The van der Waals surface area contributed by atoms with Crippen molar-refractivity contribution in [3.05, 3.63) is 64.6 Å². The molecule has 9 heteroatoms. The number of rotatable bonds is 5. The Bertz CT molecular complexity index is 1060. The van der Waals surface area contributed by atoms with Gasteiger partial charge in [0.1, 0.15) is 0 Å². The molecular weight excluding hydrogens is 420 g/mol. The average Bonchev–Trinajstić information content (AvgIpc) is 2.95. The van der Waals surface area contributed by atoms with Crippen molar-refractivity contribution in [2.75, 3.05) is 10.6 Å². The Labute approximate surface area is 183 Å². The van der Waals surface area contributed by atoms with Crippen molar-refractivity contribution < 1.29 is 14.4 Å². The third kappa shape index (κ3) is 5.62. The highest BCUT2D eigenvalue weighted by Gasteiger charge is 2.32. The summed E-state index contributed by atoms with van der Waals surface area (Å²) in [5.41, 5.74) is 2.93. The first-order valence-corrected chi connectivity index (χ1v) is 10.1. The van der Waals surface area contributed by atoms with Gasteiger partial charge in [0.05, 0.1) is 11.1 Å². The standard InChI is InChI=1S/C21H18N4O3S2/c1-13(26)23-17-7-3-15(4-8-17)11-19-20(28)25(21(29)30-19)22-12-16-5-9-18(10-6-16)24-14(2)27/h3-12H,1-2H3,(H,23,26)(H,24,27)/b19-11-,22-12-. The summed E-state index contributed by atoms with van der Waals surface area (Å²) in [6.07, 6.45) is 3.27. The Morgan fingerprint density at radius 2 is 1.43 bits per heavy atom. The zero-order valence-corrected chi connectivity index (χ0v) is 17.8. The second-order valence-corrected chi connectivity index (χ2v) is 8.02. The Morgan fingerprint density at radius 1 is 0.933 bits per heavy atom. The molecule has 0 aromatic heterocycles. The molecule has 3 rings (SSSR count). The van der Waals surface area contributed by atoms with E-state index in [1.165, 1.54) is 36.8 Å². The second kappa shape index (κ2) is 9.47. The third-order valence-electron chi connectivity index (χ3n) is 3.86. The monoisotopic (exact) mass is 438 g/mol. The lowest BCUT2D eigenvalue weighted by atomic mass is 10.2. The fourth-order valence-electron chi connectivity index (χ4n) is 2.56. The van der Waals surface area contributed by atoms with Crippen LogP contribution in [0.4, 0.5) is 11.4 Å². The molecule has 0 atom stereocenters. The van der Waals surface area contributed by atoms with Crippen molar-refractivity contribution in [1.82, 2.24) is 5.01 Å². The number of thiocarbonyl (C=S) groups is 1. The van der Waals surface area contributed by atoms with Crippen LogP contribution >= 0.6 is 24.0 Å². The van der Waals surface area contributed by atoms with Crippen LogP contribution in [-0.4, -0.2) is 33.3 Å². The van der Waals surface area contributed by atoms with Crippen molar-refractivity contribution in [3.8, 4) is 0 Å². The van der Waals surface area contributed by atoms with E-state index in [1.807, 2.05) is 0 Å². The molecular formula is C21H18N4O3S2. The van der Waals surface area contributed by atoms with Crippen molar-refractivity contribution in [2.45, 2.75) is 13.8 Å². The van der Waals surface area contributed by atoms with Crippen LogP contribution in [0.25, 0.3) is 6.08 Å². The molecule has 1 heterocycles. The number of amides is 3. The first-order valence-electron chi connectivity index (χ1n) is 8.89. The number of carbonyl (C=O) groups is 3. The lowest BCUT2D eigenvalue weighted by Gasteiger charge is -2.06. The van der Waals surface area contributed by atoms with Gasteiger partial charge in [-0.05, 0) is 53.7 Å². The minimum atomic E-state index is -0.304. The van der Waals surface area contributed by atoms with E-state index in [1.54, 1.807) is 54.6 Å². The summed E-state index contributed by atoms with van der Waals surface area (Å²) < 4.78 is 0.340. The van der Waals surface area contributed by atoms with E-state index < -0.39 is 0 Å². The van der Waals surface area contributed by atoms with Gasteiger partial charge in [0.25, 0.3) is 5.91 Å². The van der Waals surface area contributed by atoms with Gasteiger partial charge in [-0.2, -0.15) is 10.1 Å². The van der Waals surface area contributed by atoms with Crippen LogP contribution in [-0.2, 0) is 14.4 Å². The molecule has 1 saturated heterocycles. The highest BCUT2D eigenvalue weighted by Crippen LogP contribution is 2.32. The van der Waals surface area contributed by atoms with Crippen LogP contribution in [0.15, 0.2) is 58.5 Å². The van der Waals surface area contributed by atoms with Crippen LogP contribution in [0.5, 0.6) is 0 Å². The number of carbonyl (C=O) groups excluding carboxylic acids is 3. The number of benzene rings is 2. The van der Waals surface area contributed by atoms with E-state index in [9.17, 15) is 14.4 Å². The SMILES string of the molecule is CC(=O)Nc1ccc(/C=N\N2C(=O)/C(=C/c3ccc(NC(C)=O)cc3)SC2=S)cc1. The minimum Gasteiger partial charge on any atom is -0.326 e. The molecule has 0 saturated carbocycles. The third-order valence-corrected chi connectivity index (χ3v) is 5.14. The lowest BCUT2D eigenvalue weighted by Crippen LogP contribution is -2.22. The molecule has 2 N–H and O–H groups in total. The molecule has 1 fully saturated rings. The normalized spacial score (nSPS) is 15.1. The molecule has 3 amide bonds. The zero-order chi connectivity index (χ0) is 21.7. The lowest BCUT2D eigenvalue weighted by molar-refractivity contribution is -0.122. The molecule has 0 spiro atoms. The maximum Gasteiger partial charge on any atom is 0.286 e. The van der Waals surface area contributed by atoms with Gasteiger partial charge in [0.2, 0.25) is 11.8 Å². The largest absolute Gasteiger partial charge is 0.326 e. The quantitative estimate of drug-likeness (QED) is 0.421. The summed E-state index contributed by atoms with van der Waals surface area (Å²) in [6.45, 7) is 2.88. The van der Waals surface area contributed by atoms with E-state index in [2.05, 4.69) is 15.7 Å². The summed E-state index contributed by atoms with van der Waals surface area (Å²) in [5.74, 6) is -0.598. The van der Waals surface area contributed by atoms with Crippen molar-refractivity contribution in [2.24, 2.45) is 5.10 Å². The highest BCUT2D eigenvalue weighted by molar-refractivity contribution is 8.26. The topological polar surface area (TPSA) is 90.9 Å². The number of anilines is 2. The molecule has 2 aromatic carbocycles. The van der Waals surface area contributed by atoms with E-state index in [-0.39, 0.29) is 17.7 Å². The number of nitrogens with zero attached hydrogens (tertiary/aromatic N) is 2. The molecule has 2 aromatic rings. The molecule has 0 aliphatic carbocycles. The number of hydrogen-bond acceptors (Lipinski definition) is 6. The Morgan fingerprint density at radius 3 is 1.93 bits per heavy atom. The van der Waals surface area contributed by atoms with Gasteiger partial charge >= 0.3 is 0 Å². The Balaban J connectivity index is 1.69. The van der Waals surface area contributed by atoms with E-state index in [0.717, 1.165) is 11.1 Å². The van der Waals surface area contributed by atoms with Crippen LogP contribution in [0.2, 0.25) is 0 Å². The average molecular weight is 439 g/mol. The smallest absolute Gasteiger partial charge is 0.286 e. The maximum atomic E-state index is 12.7. The summed E-state index contributed by atoms with van der Waals surface area (Å²) >= 11 is 6.46. The van der Waals surface area contributed by atoms with Crippen molar-refractivity contribution >= 4 is 69.7 Å². The predicted molar refractivity (Wildman–Crippen MR) is 124 cm³/mol. The molecule has 1 aliphatic heterocycles. The van der Waals surface area contributed by atoms with Crippen molar-refractivity contribution in [1.29, 1.82) is 0 Å². The Kier molecular flexibility index (Phi) is 6.76.